The fourth-order valence-corrected chi connectivity index (χ4v) is 3.11. The molecule has 1 heterocycles. The quantitative estimate of drug-likeness (QED) is 0.916. The summed E-state index contributed by atoms with van der Waals surface area (Å²) >= 11 is 3.48. The van der Waals surface area contributed by atoms with Crippen LogP contribution < -0.4 is 0 Å². The van der Waals surface area contributed by atoms with Crippen molar-refractivity contribution in [1.82, 2.24) is 4.90 Å². The van der Waals surface area contributed by atoms with Crippen LogP contribution in [0.15, 0.2) is 22.7 Å². The normalized spacial score (nSPS) is 17.6. The van der Waals surface area contributed by atoms with Crippen LogP contribution in [0.5, 0.6) is 0 Å². The van der Waals surface area contributed by atoms with Gasteiger partial charge in [0, 0.05) is 11.0 Å². The van der Waals surface area contributed by atoms with Crippen LogP contribution in [0.1, 0.15) is 42.1 Å². The standard InChI is InChI=1S/C15H20BrNO2/c1-2-11-5-7-17(8-6-11)10-13-4-3-12(15(18)19)9-14(13)16/h3-4,9,11H,2,5-8,10H2,1H3,(H,18,19). The van der Waals surface area contributed by atoms with Gasteiger partial charge in [-0.3, -0.25) is 4.90 Å². The van der Waals surface area contributed by atoms with Crippen LogP contribution in [-0.2, 0) is 6.54 Å². The van der Waals surface area contributed by atoms with Gasteiger partial charge in [-0.1, -0.05) is 35.3 Å². The minimum atomic E-state index is -0.879. The number of carboxylic acid groups (broad SMARTS) is 1. The van der Waals surface area contributed by atoms with Crippen LogP contribution in [0.25, 0.3) is 0 Å². The van der Waals surface area contributed by atoms with Crippen LogP contribution in [0, 0.1) is 5.92 Å². The van der Waals surface area contributed by atoms with Crippen molar-refractivity contribution in [2.75, 3.05) is 13.1 Å². The molecule has 0 amide bonds. The van der Waals surface area contributed by atoms with E-state index in [9.17, 15) is 4.79 Å². The molecule has 1 aliphatic rings. The molecule has 0 bridgehead atoms. The van der Waals surface area contributed by atoms with Crippen LogP contribution in [0.2, 0.25) is 0 Å². The first kappa shape index (κ1) is 14.5. The molecule has 3 nitrogen and oxygen atoms in total. The van der Waals surface area contributed by atoms with Crippen LogP contribution >= 0.6 is 15.9 Å². The summed E-state index contributed by atoms with van der Waals surface area (Å²) in [6.07, 6.45) is 3.84. The Balaban J connectivity index is 1.98. The van der Waals surface area contributed by atoms with Crippen molar-refractivity contribution < 1.29 is 9.90 Å². The predicted octanol–water partition coefficient (Wildman–Crippen LogP) is 3.77. The molecule has 0 unspecified atom stereocenters. The molecule has 1 N–H and O–H groups in total. The number of nitrogens with zero attached hydrogens (tertiary/aromatic N) is 1. The summed E-state index contributed by atoms with van der Waals surface area (Å²) in [4.78, 5) is 13.3. The van der Waals surface area contributed by atoms with E-state index in [1.165, 1.54) is 24.8 Å². The Morgan fingerprint density at radius 1 is 1.42 bits per heavy atom. The number of halogens is 1. The monoisotopic (exact) mass is 325 g/mol. The second-order valence-corrected chi connectivity index (χ2v) is 6.09. The molecule has 1 fully saturated rings. The van der Waals surface area contributed by atoms with E-state index in [0.29, 0.717) is 5.56 Å². The van der Waals surface area contributed by atoms with E-state index < -0.39 is 5.97 Å². The van der Waals surface area contributed by atoms with E-state index in [-0.39, 0.29) is 0 Å². The number of benzene rings is 1. The molecule has 2 rings (SSSR count). The zero-order valence-corrected chi connectivity index (χ0v) is 12.8. The van der Waals surface area contributed by atoms with Gasteiger partial charge >= 0.3 is 5.97 Å². The molecular weight excluding hydrogens is 306 g/mol. The van der Waals surface area contributed by atoms with Gasteiger partial charge < -0.3 is 5.11 Å². The average molecular weight is 326 g/mol. The van der Waals surface area contributed by atoms with Gasteiger partial charge in [-0.25, -0.2) is 4.79 Å². The molecule has 0 saturated carbocycles. The van der Waals surface area contributed by atoms with Gasteiger partial charge in [0.15, 0.2) is 0 Å². The topological polar surface area (TPSA) is 40.5 Å². The largest absolute Gasteiger partial charge is 0.478 e. The molecule has 0 aliphatic carbocycles. The molecule has 1 aliphatic heterocycles. The number of rotatable bonds is 4. The number of carbonyl (C=O) groups is 1. The summed E-state index contributed by atoms with van der Waals surface area (Å²) in [5.41, 5.74) is 1.50. The number of aromatic carboxylic acids is 1. The van der Waals surface area contributed by atoms with Crippen molar-refractivity contribution in [2.24, 2.45) is 5.92 Å². The molecule has 1 saturated heterocycles. The lowest BCUT2D eigenvalue weighted by Gasteiger charge is -2.31. The van der Waals surface area contributed by atoms with Gasteiger partial charge in [0.1, 0.15) is 0 Å². The molecule has 104 valence electrons. The zero-order chi connectivity index (χ0) is 13.8. The molecule has 0 spiro atoms. The Hall–Kier alpha value is -0.870. The molecule has 0 aromatic heterocycles. The van der Waals surface area contributed by atoms with Gasteiger partial charge in [0.25, 0.3) is 0 Å². The van der Waals surface area contributed by atoms with E-state index in [1.807, 2.05) is 6.07 Å². The molecule has 1 aromatic rings. The maximum absolute atomic E-state index is 10.9. The Labute approximate surface area is 122 Å². The summed E-state index contributed by atoms with van der Waals surface area (Å²) in [7, 11) is 0. The fourth-order valence-electron chi connectivity index (χ4n) is 2.60. The number of carboxylic acids is 1. The van der Waals surface area contributed by atoms with E-state index in [0.717, 1.165) is 30.0 Å². The van der Waals surface area contributed by atoms with Crippen molar-refractivity contribution in [1.29, 1.82) is 0 Å². The summed E-state index contributed by atoms with van der Waals surface area (Å²) in [6.45, 7) is 5.45. The third-order valence-electron chi connectivity index (χ3n) is 3.98. The summed E-state index contributed by atoms with van der Waals surface area (Å²) in [6, 6.07) is 5.29. The highest BCUT2D eigenvalue weighted by Crippen LogP contribution is 2.24. The van der Waals surface area contributed by atoms with Gasteiger partial charge in [0.05, 0.1) is 5.56 Å². The van der Waals surface area contributed by atoms with E-state index in [2.05, 4.69) is 27.8 Å². The van der Waals surface area contributed by atoms with Gasteiger partial charge in [-0.2, -0.15) is 0 Å². The Kier molecular flexibility index (Phi) is 4.99. The molecule has 4 heteroatoms. The van der Waals surface area contributed by atoms with Crippen molar-refractivity contribution in [3.63, 3.8) is 0 Å². The highest BCUT2D eigenvalue weighted by atomic mass is 79.9. The van der Waals surface area contributed by atoms with Gasteiger partial charge in [-0.05, 0) is 49.5 Å². The summed E-state index contributed by atoms with van der Waals surface area (Å²) in [5, 5.41) is 8.95. The molecule has 1 aromatic carbocycles. The average Bonchev–Trinajstić information content (AvgIpc) is 2.41. The molecule has 0 atom stereocenters. The molecule has 0 radical (unpaired) electrons. The highest BCUT2D eigenvalue weighted by Gasteiger charge is 2.18. The Bertz CT molecular complexity index is 453. The predicted molar refractivity (Wildman–Crippen MR) is 79.4 cm³/mol. The SMILES string of the molecule is CCC1CCN(Cc2ccc(C(=O)O)cc2Br)CC1. The number of hydrogen-bond donors (Lipinski definition) is 1. The minimum absolute atomic E-state index is 0.334. The first-order valence-corrected chi connectivity index (χ1v) is 7.63. The lowest BCUT2D eigenvalue weighted by atomic mass is 9.94. The lowest BCUT2D eigenvalue weighted by molar-refractivity contribution is 0.0696. The summed E-state index contributed by atoms with van der Waals surface area (Å²) < 4.78 is 0.894. The van der Waals surface area contributed by atoms with Crippen molar-refractivity contribution in [3.8, 4) is 0 Å². The van der Waals surface area contributed by atoms with Crippen LogP contribution in [0.4, 0.5) is 0 Å². The maximum Gasteiger partial charge on any atom is 0.335 e. The number of hydrogen-bond acceptors (Lipinski definition) is 2. The molecular formula is C15H20BrNO2. The van der Waals surface area contributed by atoms with Crippen molar-refractivity contribution in [3.05, 3.63) is 33.8 Å². The van der Waals surface area contributed by atoms with Gasteiger partial charge in [-0.15, -0.1) is 0 Å². The first-order valence-electron chi connectivity index (χ1n) is 6.84. The van der Waals surface area contributed by atoms with Crippen LogP contribution in [-0.4, -0.2) is 29.1 Å². The molecule has 19 heavy (non-hydrogen) atoms. The van der Waals surface area contributed by atoms with Crippen molar-refractivity contribution in [2.45, 2.75) is 32.7 Å². The number of likely N-dealkylation sites (tertiary alicyclic amines) is 1. The lowest BCUT2D eigenvalue weighted by Crippen LogP contribution is -2.33. The smallest absolute Gasteiger partial charge is 0.335 e. The zero-order valence-electron chi connectivity index (χ0n) is 11.2. The first-order chi connectivity index (χ1) is 9.10. The second-order valence-electron chi connectivity index (χ2n) is 5.24. The van der Waals surface area contributed by atoms with Crippen molar-refractivity contribution >= 4 is 21.9 Å². The summed E-state index contributed by atoms with van der Waals surface area (Å²) in [5.74, 6) is 0.00471. The Morgan fingerprint density at radius 3 is 2.63 bits per heavy atom. The second kappa shape index (κ2) is 6.53. The highest BCUT2D eigenvalue weighted by molar-refractivity contribution is 9.10. The number of piperidine rings is 1. The third-order valence-corrected chi connectivity index (χ3v) is 4.72. The van der Waals surface area contributed by atoms with Crippen LogP contribution in [0.3, 0.4) is 0 Å². The Morgan fingerprint density at radius 2 is 2.11 bits per heavy atom. The minimum Gasteiger partial charge on any atom is -0.478 e. The third kappa shape index (κ3) is 3.80. The fraction of sp³-hybridized carbons (Fsp3) is 0.533. The van der Waals surface area contributed by atoms with E-state index in [1.54, 1.807) is 12.1 Å². The van der Waals surface area contributed by atoms with E-state index >= 15 is 0 Å². The van der Waals surface area contributed by atoms with E-state index in [4.69, 9.17) is 5.11 Å². The van der Waals surface area contributed by atoms with Gasteiger partial charge in [0.2, 0.25) is 0 Å². The maximum atomic E-state index is 10.9.